The lowest BCUT2D eigenvalue weighted by Crippen LogP contribution is -2.49. The number of rotatable bonds is 5. The van der Waals surface area contributed by atoms with Crippen LogP contribution in [0.4, 0.5) is 16.3 Å². The van der Waals surface area contributed by atoms with Crippen molar-refractivity contribution in [2.75, 3.05) is 50.5 Å². The minimum atomic E-state index is -0.428. The molecule has 1 aromatic carbocycles. The highest BCUT2D eigenvalue weighted by molar-refractivity contribution is 5.89. The maximum absolute atomic E-state index is 11.8. The maximum atomic E-state index is 11.8. The summed E-state index contributed by atoms with van der Waals surface area (Å²) in [6.07, 6.45) is 1.06. The largest absolute Gasteiger partial charge is 0.465 e. The lowest BCUT2D eigenvalue weighted by molar-refractivity contribution is 0.0600. The van der Waals surface area contributed by atoms with Gasteiger partial charge in [0.2, 0.25) is 5.88 Å². The van der Waals surface area contributed by atoms with Gasteiger partial charge in [0.15, 0.2) is 5.82 Å². The van der Waals surface area contributed by atoms with Crippen LogP contribution in [0.25, 0.3) is 0 Å². The van der Waals surface area contributed by atoms with Gasteiger partial charge >= 0.3 is 12.1 Å². The van der Waals surface area contributed by atoms with Crippen molar-refractivity contribution in [2.45, 2.75) is 6.92 Å². The van der Waals surface area contributed by atoms with Crippen molar-refractivity contribution in [3.8, 4) is 11.6 Å². The van der Waals surface area contributed by atoms with Gasteiger partial charge in [-0.1, -0.05) is 0 Å². The van der Waals surface area contributed by atoms with E-state index in [0.717, 1.165) is 0 Å². The number of benzene rings is 1. The van der Waals surface area contributed by atoms with Crippen molar-refractivity contribution in [3.63, 3.8) is 0 Å². The molecule has 2 heterocycles. The molecule has 0 radical (unpaired) electrons. The molecule has 10 nitrogen and oxygen atoms in total. The SMILES string of the molecule is CCOC(=O)N1CCN(c2ncnc(Oc3ccc(C(=O)OC)cc3)c2N)CC1. The van der Waals surface area contributed by atoms with Gasteiger partial charge in [0, 0.05) is 26.2 Å². The Morgan fingerprint density at radius 3 is 2.41 bits per heavy atom. The number of esters is 1. The van der Waals surface area contributed by atoms with E-state index in [1.807, 2.05) is 4.90 Å². The number of carbonyl (C=O) groups is 2. The molecule has 0 unspecified atom stereocenters. The number of aromatic nitrogens is 2. The zero-order valence-corrected chi connectivity index (χ0v) is 16.3. The second-order valence-electron chi connectivity index (χ2n) is 6.21. The van der Waals surface area contributed by atoms with Gasteiger partial charge in [-0.15, -0.1) is 0 Å². The molecule has 2 aromatic rings. The van der Waals surface area contributed by atoms with E-state index in [0.29, 0.717) is 55.6 Å². The molecule has 0 atom stereocenters. The number of anilines is 2. The first kappa shape index (κ1) is 20.2. The lowest BCUT2D eigenvalue weighted by Gasteiger charge is -2.35. The van der Waals surface area contributed by atoms with E-state index in [9.17, 15) is 9.59 Å². The quantitative estimate of drug-likeness (QED) is 0.749. The van der Waals surface area contributed by atoms with Crippen LogP contribution in [0.2, 0.25) is 0 Å². The third-order valence-corrected chi connectivity index (χ3v) is 4.42. The van der Waals surface area contributed by atoms with E-state index in [2.05, 4.69) is 14.7 Å². The van der Waals surface area contributed by atoms with Crippen molar-refractivity contribution < 1.29 is 23.8 Å². The summed E-state index contributed by atoms with van der Waals surface area (Å²) in [6, 6.07) is 6.44. The van der Waals surface area contributed by atoms with Crippen LogP contribution in [0, 0.1) is 0 Å². The molecule has 10 heteroatoms. The van der Waals surface area contributed by atoms with Crippen LogP contribution in [0.5, 0.6) is 11.6 Å². The molecule has 29 heavy (non-hydrogen) atoms. The lowest BCUT2D eigenvalue weighted by atomic mass is 10.2. The van der Waals surface area contributed by atoms with E-state index in [-0.39, 0.29) is 12.0 Å². The predicted molar refractivity (Wildman–Crippen MR) is 105 cm³/mol. The fourth-order valence-corrected chi connectivity index (χ4v) is 2.91. The van der Waals surface area contributed by atoms with Crippen LogP contribution in [-0.4, -0.2) is 66.8 Å². The molecule has 0 bridgehead atoms. The molecule has 1 aliphatic rings. The molecule has 154 valence electrons. The minimum Gasteiger partial charge on any atom is -0.465 e. The summed E-state index contributed by atoms with van der Waals surface area (Å²) in [7, 11) is 1.32. The number of methoxy groups -OCH3 is 1. The van der Waals surface area contributed by atoms with E-state index < -0.39 is 5.97 Å². The van der Waals surface area contributed by atoms with Gasteiger partial charge in [-0.05, 0) is 31.2 Å². The number of nitrogen functional groups attached to an aromatic ring is 1. The number of piperazine rings is 1. The molecule has 0 spiro atoms. The second-order valence-corrected chi connectivity index (χ2v) is 6.21. The Morgan fingerprint density at radius 1 is 1.10 bits per heavy atom. The molecule has 1 amide bonds. The van der Waals surface area contributed by atoms with Gasteiger partial charge in [0.1, 0.15) is 17.8 Å². The number of nitrogens with zero attached hydrogens (tertiary/aromatic N) is 4. The first-order valence-electron chi connectivity index (χ1n) is 9.16. The van der Waals surface area contributed by atoms with Crippen LogP contribution in [0.3, 0.4) is 0 Å². The number of nitrogens with two attached hydrogens (primary N) is 1. The number of hydrogen-bond acceptors (Lipinski definition) is 9. The number of amides is 1. The number of ether oxygens (including phenoxy) is 3. The second kappa shape index (κ2) is 9.09. The summed E-state index contributed by atoms with van der Waals surface area (Å²) in [5.41, 5.74) is 6.95. The van der Waals surface area contributed by atoms with Crippen molar-refractivity contribution >= 4 is 23.6 Å². The monoisotopic (exact) mass is 401 g/mol. The first-order valence-corrected chi connectivity index (χ1v) is 9.16. The van der Waals surface area contributed by atoms with Crippen LogP contribution >= 0.6 is 0 Å². The van der Waals surface area contributed by atoms with Gasteiger partial charge in [-0.3, -0.25) is 0 Å². The molecule has 0 aliphatic carbocycles. The molecule has 1 fully saturated rings. The molecule has 1 aromatic heterocycles. The zero-order valence-electron chi connectivity index (χ0n) is 16.3. The average Bonchev–Trinajstić information content (AvgIpc) is 2.75. The van der Waals surface area contributed by atoms with Crippen molar-refractivity contribution in [3.05, 3.63) is 36.2 Å². The maximum Gasteiger partial charge on any atom is 0.409 e. The van der Waals surface area contributed by atoms with Crippen molar-refractivity contribution in [1.29, 1.82) is 0 Å². The topological polar surface area (TPSA) is 120 Å². The summed E-state index contributed by atoms with van der Waals surface area (Å²) < 4.78 is 15.5. The Balaban J connectivity index is 1.69. The Kier molecular flexibility index (Phi) is 6.32. The van der Waals surface area contributed by atoms with Gasteiger partial charge in [0.05, 0.1) is 19.3 Å². The predicted octanol–water partition coefficient (Wildman–Crippen LogP) is 1.92. The van der Waals surface area contributed by atoms with Crippen LogP contribution < -0.4 is 15.4 Å². The van der Waals surface area contributed by atoms with Gasteiger partial charge in [0.25, 0.3) is 0 Å². The molecule has 2 N–H and O–H groups in total. The van der Waals surface area contributed by atoms with Gasteiger partial charge in [-0.25, -0.2) is 14.6 Å². The van der Waals surface area contributed by atoms with Crippen molar-refractivity contribution in [2.24, 2.45) is 0 Å². The summed E-state index contributed by atoms with van der Waals surface area (Å²) in [5.74, 6) is 0.807. The Morgan fingerprint density at radius 2 is 1.79 bits per heavy atom. The number of hydrogen-bond donors (Lipinski definition) is 1. The summed E-state index contributed by atoms with van der Waals surface area (Å²) in [6.45, 7) is 4.26. The molecule has 1 aliphatic heterocycles. The standard InChI is InChI=1S/C19H23N5O5/c1-3-28-19(26)24-10-8-23(9-11-24)16-15(20)17(22-12-21-16)29-14-6-4-13(5-7-14)18(25)27-2/h4-7,12H,3,8-11,20H2,1-2H3. The third kappa shape index (κ3) is 4.65. The van der Waals surface area contributed by atoms with Crippen LogP contribution in [0.1, 0.15) is 17.3 Å². The fourth-order valence-electron chi connectivity index (χ4n) is 2.91. The van der Waals surface area contributed by atoms with Gasteiger partial charge in [-0.2, -0.15) is 4.98 Å². The van der Waals surface area contributed by atoms with Gasteiger partial charge < -0.3 is 29.7 Å². The number of carbonyl (C=O) groups excluding carboxylic acids is 2. The first-order chi connectivity index (χ1) is 14.0. The van der Waals surface area contributed by atoms with E-state index in [1.54, 1.807) is 36.1 Å². The van der Waals surface area contributed by atoms with E-state index >= 15 is 0 Å². The summed E-state index contributed by atoms with van der Waals surface area (Å²) >= 11 is 0. The summed E-state index contributed by atoms with van der Waals surface area (Å²) in [5, 5.41) is 0. The minimum absolute atomic E-state index is 0.216. The molecule has 0 saturated carbocycles. The van der Waals surface area contributed by atoms with Crippen molar-refractivity contribution in [1.82, 2.24) is 14.9 Å². The Labute approximate surface area is 168 Å². The smallest absolute Gasteiger partial charge is 0.409 e. The van der Waals surface area contributed by atoms with Crippen LogP contribution in [0.15, 0.2) is 30.6 Å². The normalized spacial score (nSPS) is 13.7. The fraction of sp³-hybridized carbons (Fsp3) is 0.368. The molecule has 3 rings (SSSR count). The third-order valence-electron chi connectivity index (χ3n) is 4.42. The van der Waals surface area contributed by atoms with Crippen LogP contribution in [-0.2, 0) is 9.47 Å². The Bertz CT molecular complexity index is 866. The molecular weight excluding hydrogens is 378 g/mol. The van der Waals surface area contributed by atoms with E-state index in [4.69, 9.17) is 15.2 Å². The highest BCUT2D eigenvalue weighted by Gasteiger charge is 2.25. The molecular formula is C19H23N5O5. The highest BCUT2D eigenvalue weighted by Crippen LogP contribution is 2.32. The highest BCUT2D eigenvalue weighted by atomic mass is 16.6. The van der Waals surface area contributed by atoms with E-state index in [1.165, 1.54) is 13.4 Å². The Hall–Kier alpha value is -3.56. The molecule has 1 saturated heterocycles. The average molecular weight is 401 g/mol. The summed E-state index contributed by atoms with van der Waals surface area (Å²) in [4.78, 5) is 35.4. The zero-order chi connectivity index (χ0) is 20.8.